The Labute approximate surface area is 193 Å². The fraction of sp³-hybridized carbons (Fsp3) is 0.333. The van der Waals surface area contributed by atoms with Crippen LogP contribution >= 0.6 is 0 Å². The van der Waals surface area contributed by atoms with Crippen LogP contribution in [-0.4, -0.2) is 60.9 Å². The summed E-state index contributed by atoms with van der Waals surface area (Å²) >= 11 is 0. The minimum atomic E-state index is -3.91. The number of sulfonamides is 1. The molecule has 9 heteroatoms. The van der Waals surface area contributed by atoms with Crippen LogP contribution in [0.2, 0.25) is 0 Å². The van der Waals surface area contributed by atoms with Crippen molar-refractivity contribution in [3.63, 3.8) is 0 Å². The number of benzene rings is 2. The summed E-state index contributed by atoms with van der Waals surface area (Å²) in [4.78, 5) is 24.3. The molecule has 2 aromatic rings. The van der Waals surface area contributed by atoms with Crippen molar-refractivity contribution in [2.45, 2.75) is 42.3 Å². The van der Waals surface area contributed by atoms with Crippen LogP contribution < -0.4 is 10.6 Å². The van der Waals surface area contributed by atoms with Crippen LogP contribution in [0.25, 0.3) is 0 Å². The van der Waals surface area contributed by atoms with Gasteiger partial charge in [0.25, 0.3) is 5.91 Å². The Hall–Kier alpha value is -3.01. The molecule has 0 saturated carbocycles. The number of carbonyl (C=O) groups excluding carboxylic acids is 2. The molecule has 2 aliphatic rings. The Balaban J connectivity index is 1.43. The second-order valence-corrected chi connectivity index (χ2v) is 10.3. The van der Waals surface area contributed by atoms with Crippen molar-refractivity contribution >= 4 is 21.8 Å². The van der Waals surface area contributed by atoms with E-state index >= 15 is 0 Å². The van der Waals surface area contributed by atoms with Crippen LogP contribution in [0, 0.1) is 0 Å². The Morgan fingerprint density at radius 3 is 2.24 bits per heavy atom. The van der Waals surface area contributed by atoms with Gasteiger partial charge in [-0.05, 0) is 60.7 Å². The number of nitrogens with zero attached hydrogens (tertiary/aromatic N) is 1. The first-order valence-electron chi connectivity index (χ1n) is 10.8. The molecule has 2 amide bonds. The molecule has 8 nitrogen and oxygen atoms in total. The first kappa shape index (κ1) is 23.2. The molecular formula is C24H27N3O5S. The highest BCUT2D eigenvalue weighted by molar-refractivity contribution is 7.89. The molecule has 2 aromatic carbocycles. The maximum Gasteiger partial charge on any atom is 0.251 e. The molecule has 174 valence electrons. The molecule has 1 aliphatic heterocycles. The fourth-order valence-corrected chi connectivity index (χ4v) is 6.23. The van der Waals surface area contributed by atoms with Crippen LogP contribution in [0.1, 0.15) is 27.9 Å². The molecule has 1 fully saturated rings. The lowest BCUT2D eigenvalue weighted by atomic mass is 10.1. The Bertz CT molecular complexity index is 1140. The maximum atomic E-state index is 13.2. The number of hydrogen-bond donors (Lipinski definition) is 3. The van der Waals surface area contributed by atoms with E-state index in [1.807, 2.05) is 12.1 Å². The summed E-state index contributed by atoms with van der Waals surface area (Å²) in [5, 5.41) is 15.4. The molecule has 1 saturated heterocycles. The number of nitrogens with one attached hydrogen (secondary N) is 2. The van der Waals surface area contributed by atoms with Crippen LogP contribution in [0.5, 0.6) is 0 Å². The van der Waals surface area contributed by atoms with E-state index in [1.165, 1.54) is 39.7 Å². The van der Waals surface area contributed by atoms with Crippen molar-refractivity contribution in [3.8, 4) is 0 Å². The number of fused-ring (bicyclic) bond motifs is 1. The van der Waals surface area contributed by atoms with E-state index in [2.05, 4.69) is 29.3 Å². The molecule has 0 spiro atoms. The Morgan fingerprint density at radius 1 is 1.03 bits per heavy atom. The van der Waals surface area contributed by atoms with E-state index in [0.29, 0.717) is 12.0 Å². The zero-order valence-corrected chi connectivity index (χ0v) is 18.9. The van der Waals surface area contributed by atoms with Crippen molar-refractivity contribution < 1.29 is 23.1 Å². The van der Waals surface area contributed by atoms with Crippen molar-refractivity contribution in [1.82, 2.24) is 14.9 Å². The Morgan fingerprint density at radius 2 is 1.67 bits per heavy atom. The lowest BCUT2D eigenvalue weighted by molar-refractivity contribution is -0.117. The summed E-state index contributed by atoms with van der Waals surface area (Å²) in [7, 11) is -3.91. The zero-order valence-electron chi connectivity index (χ0n) is 18.1. The average molecular weight is 470 g/mol. The van der Waals surface area contributed by atoms with Gasteiger partial charge in [-0.25, -0.2) is 8.42 Å². The molecule has 1 heterocycles. The highest BCUT2D eigenvalue weighted by atomic mass is 32.2. The van der Waals surface area contributed by atoms with E-state index in [1.54, 1.807) is 0 Å². The minimum absolute atomic E-state index is 0.0101. The van der Waals surface area contributed by atoms with Gasteiger partial charge in [-0.3, -0.25) is 9.59 Å². The highest BCUT2D eigenvalue weighted by Gasteiger charge is 2.40. The van der Waals surface area contributed by atoms with E-state index in [4.69, 9.17) is 0 Å². The number of aliphatic hydroxyl groups excluding tert-OH is 1. The molecule has 0 bridgehead atoms. The lowest BCUT2D eigenvalue weighted by Crippen LogP contribution is -2.39. The standard InChI is InChI=1S/C24H27N3O5S/c1-2-23(29)25-20-13-21(15-28)27(14-20)33(31,32)22-9-7-16(8-10-22)24(30)26-19-11-17-5-3-4-6-18(17)12-19/h2-10,19-21,28H,1,11-15H2,(H,25,29)(H,26,30). The van der Waals surface area contributed by atoms with E-state index in [0.717, 1.165) is 18.9 Å². The first-order chi connectivity index (χ1) is 15.8. The molecule has 3 N–H and O–H groups in total. The number of hydrogen-bond acceptors (Lipinski definition) is 5. The lowest BCUT2D eigenvalue weighted by Gasteiger charge is -2.22. The predicted octanol–water partition coefficient (Wildman–Crippen LogP) is 1.01. The number of amides is 2. The summed E-state index contributed by atoms with van der Waals surface area (Å²) < 4.78 is 27.5. The number of rotatable bonds is 7. The Kier molecular flexibility index (Phi) is 6.64. The summed E-state index contributed by atoms with van der Waals surface area (Å²) in [6.45, 7) is 3.09. The fourth-order valence-electron chi connectivity index (χ4n) is 4.55. The third kappa shape index (κ3) is 4.85. The molecule has 33 heavy (non-hydrogen) atoms. The van der Waals surface area contributed by atoms with Crippen molar-refractivity contribution in [2.75, 3.05) is 13.2 Å². The topological polar surface area (TPSA) is 116 Å². The molecule has 4 rings (SSSR count). The largest absolute Gasteiger partial charge is 0.395 e. The SMILES string of the molecule is C=CC(=O)NC1CC(CO)N(S(=O)(=O)c2ccc(C(=O)NC3Cc4ccccc4C3)cc2)C1. The molecular weight excluding hydrogens is 442 g/mol. The van der Waals surface area contributed by atoms with E-state index in [9.17, 15) is 23.1 Å². The van der Waals surface area contributed by atoms with E-state index in [-0.39, 0.29) is 30.0 Å². The molecule has 2 atom stereocenters. The number of carbonyl (C=O) groups is 2. The van der Waals surface area contributed by atoms with Gasteiger partial charge >= 0.3 is 0 Å². The second kappa shape index (κ2) is 9.46. The summed E-state index contributed by atoms with van der Waals surface area (Å²) in [5.41, 5.74) is 2.84. The normalized spacial score (nSPS) is 20.9. The van der Waals surface area contributed by atoms with Crippen molar-refractivity contribution in [2.24, 2.45) is 0 Å². The van der Waals surface area contributed by atoms with Gasteiger partial charge in [0.05, 0.1) is 17.5 Å². The third-order valence-electron chi connectivity index (χ3n) is 6.22. The average Bonchev–Trinajstić information content (AvgIpc) is 3.42. The molecule has 2 unspecified atom stereocenters. The zero-order chi connectivity index (χ0) is 23.6. The number of aliphatic hydroxyl groups is 1. The van der Waals surface area contributed by atoms with Crippen LogP contribution in [-0.2, 0) is 27.7 Å². The highest BCUT2D eigenvalue weighted by Crippen LogP contribution is 2.27. The van der Waals surface area contributed by atoms with Gasteiger partial charge in [0.1, 0.15) is 0 Å². The summed E-state index contributed by atoms with van der Waals surface area (Å²) in [5.74, 6) is -0.643. The molecule has 0 radical (unpaired) electrons. The first-order valence-corrected chi connectivity index (χ1v) is 12.3. The summed E-state index contributed by atoms with van der Waals surface area (Å²) in [6, 6.07) is 12.8. The van der Waals surface area contributed by atoms with Gasteiger partial charge in [-0.15, -0.1) is 0 Å². The minimum Gasteiger partial charge on any atom is -0.395 e. The maximum absolute atomic E-state index is 13.2. The van der Waals surface area contributed by atoms with Gasteiger partial charge in [0.2, 0.25) is 15.9 Å². The van der Waals surface area contributed by atoms with Crippen molar-refractivity contribution in [1.29, 1.82) is 0 Å². The second-order valence-electron chi connectivity index (χ2n) is 8.43. The van der Waals surface area contributed by atoms with Gasteiger partial charge in [-0.2, -0.15) is 4.31 Å². The van der Waals surface area contributed by atoms with E-state index < -0.39 is 28.0 Å². The monoisotopic (exact) mass is 469 g/mol. The van der Waals surface area contributed by atoms with Crippen LogP contribution in [0.4, 0.5) is 0 Å². The van der Waals surface area contributed by atoms with Gasteiger partial charge in [0.15, 0.2) is 0 Å². The molecule has 0 aromatic heterocycles. The third-order valence-corrected chi connectivity index (χ3v) is 8.15. The van der Waals surface area contributed by atoms with Crippen molar-refractivity contribution in [3.05, 3.63) is 77.9 Å². The predicted molar refractivity (Wildman–Crippen MR) is 123 cm³/mol. The van der Waals surface area contributed by atoms with Crippen LogP contribution in [0.3, 0.4) is 0 Å². The van der Waals surface area contributed by atoms with Gasteiger partial charge in [-0.1, -0.05) is 30.8 Å². The van der Waals surface area contributed by atoms with Gasteiger partial charge < -0.3 is 15.7 Å². The van der Waals surface area contributed by atoms with Crippen LogP contribution in [0.15, 0.2) is 66.1 Å². The quantitative estimate of drug-likeness (QED) is 0.524. The summed E-state index contributed by atoms with van der Waals surface area (Å²) in [6.07, 6.45) is 2.98. The van der Waals surface area contributed by atoms with Gasteiger partial charge in [0, 0.05) is 24.2 Å². The molecule has 1 aliphatic carbocycles. The smallest absolute Gasteiger partial charge is 0.251 e.